The summed E-state index contributed by atoms with van der Waals surface area (Å²) < 4.78 is 1.73. The van der Waals surface area contributed by atoms with Crippen LogP contribution in [0.1, 0.15) is 49.8 Å². The van der Waals surface area contributed by atoms with Crippen molar-refractivity contribution in [2.75, 3.05) is 0 Å². The lowest BCUT2D eigenvalue weighted by Gasteiger charge is -2.18. The Balaban J connectivity index is 1.90. The first-order valence-electron chi connectivity index (χ1n) is 7.26. The molecule has 1 heterocycles. The molecule has 2 rings (SSSR count). The standard InChI is InChI=1S/C14H25ClN4/c1-10-13(14(15)19(2)18-10)9-12(17-16)8-7-11-5-3-4-6-11/h11-12,17H,3-9,16H2,1-2H3. The molecule has 19 heavy (non-hydrogen) atoms. The Morgan fingerprint density at radius 2 is 2.16 bits per heavy atom. The summed E-state index contributed by atoms with van der Waals surface area (Å²) in [6.07, 6.45) is 8.84. The van der Waals surface area contributed by atoms with Gasteiger partial charge in [0.1, 0.15) is 5.15 Å². The first-order chi connectivity index (χ1) is 9.11. The zero-order chi connectivity index (χ0) is 13.8. The molecule has 1 fully saturated rings. The molecule has 1 atom stereocenters. The van der Waals surface area contributed by atoms with Gasteiger partial charge in [0, 0.05) is 18.7 Å². The second-order valence-electron chi connectivity index (χ2n) is 5.77. The van der Waals surface area contributed by atoms with Crippen molar-refractivity contribution in [2.45, 2.75) is 57.9 Å². The van der Waals surface area contributed by atoms with E-state index in [4.69, 9.17) is 17.4 Å². The van der Waals surface area contributed by atoms with Gasteiger partial charge in [-0.05, 0) is 32.1 Å². The van der Waals surface area contributed by atoms with E-state index in [1.54, 1.807) is 4.68 Å². The monoisotopic (exact) mass is 284 g/mol. The van der Waals surface area contributed by atoms with Crippen LogP contribution in [0.2, 0.25) is 5.15 Å². The summed E-state index contributed by atoms with van der Waals surface area (Å²) in [5, 5.41) is 5.09. The molecule has 1 aliphatic rings. The van der Waals surface area contributed by atoms with Crippen molar-refractivity contribution >= 4 is 11.6 Å². The van der Waals surface area contributed by atoms with E-state index in [9.17, 15) is 0 Å². The lowest BCUT2D eigenvalue weighted by atomic mass is 9.95. The molecule has 0 saturated heterocycles. The van der Waals surface area contributed by atoms with E-state index < -0.39 is 0 Å². The third-order valence-corrected chi connectivity index (χ3v) is 4.83. The van der Waals surface area contributed by atoms with Crippen molar-refractivity contribution in [1.82, 2.24) is 15.2 Å². The van der Waals surface area contributed by atoms with E-state index in [1.165, 1.54) is 32.1 Å². The maximum Gasteiger partial charge on any atom is 0.130 e. The second-order valence-corrected chi connectivity index (χ2v) is 6.13. The SMILES string of the molecule is Cc1nn(C)c(Cl)c1CC(CCC1CCCC1)NN. The van der Waals surface area contributed by atoms with E-state index in [2.05, 4.69) is 10.5 Å². The smallest absolute Gasteiger partial charge is 0.130 e. The van der Waals surface area contributed by atoms with Crippen molar-refractivity contribution in [3.63, 3.8) is 0 Å². The van der Waals surface area contributed by atoms with Crippen LogP contribution in [-0.2, 0) is 13.5 Å². The number of hydrazine groups is 1. The molecule has 5 heteroatoms. The van der Waals surface area contributed by atoms with Crippen LogP contribution in [0.4, 0.5) is 0 Å². The lowest BCUT2D eigenvalue weighted by Crippen LogP contribution is -2.37. The number of aryl methyl sites for hydroxylation is 2. The predicted octanol–water partition coefficient (Wildman–Crippen LogP) is 2.73. The van der Waals surface area contributed by atoms with E-state index in [1.807, 2.05) is 14.0 Å². The van der Waals surface area contributed by atoms with Crippen molar-refractivity contribution in [1.29, 1.82) is 0 Å². The van der Waals surface area contributed by atoms with Crippen LogP contribution in [0.5, 0.6) is 0 Å². The normalized spacial score (nSPS) is 18.1. The van der Waals surface area contributed by atoms with Gasteiger partial charge in [0.25, 0.3) is 0 Å². The average Bonchev–Trinajstić information content (AvgIpc) is 2.98. The first-order valence-corrected chi connectivity index (χ1v) is 7.63. The van der Waals surface area contributed by atoms with Gasteiger partial charge in [0.05, 0.1) is 5.69 Å². The van der Waals surface area contributed by atoms with Gasteiger partial charge in [-0.3, -0.25) is 16.0 Å². The average molecular weight is 285 g/mol. The molecule has 1 aliphatic carbocycles. The number of hydrogen-bond acceptors (Lipinski definition) is 3. The fourth-order valence-corrected chi connectivity index (χ4v) is 3.38. The zero-order valence-electron chi connectivity index (χ0n) is 12.0. The van der Waals surface area contributed by atoms with Crippen LogP contribution >= 0.6 is 11.6 Å². The van der Waals surface area contributed by atoms with Crippen LogP contribution in [-0.4, -0.2) is 15.8 Å². The molecule has 1 aromatic heterocycles. The summed E-state index contributed by atoms with van der Waals surface area (Å²) in [6, 6.07) is 0.293. The minimum Gasteiger partial charge on any atom is -0.271 e. The molecule has 0 aliphatic heterocycles. The molecule has 1 saturated carbocycles. The third kappa shape index (κ3) is 3.71. The molecule has 0 spiro atoms. The summed E-state index contributed by atoms with van der Waals surface area (Å²) in [7, 11) is 1.88. The van der Waals surface area contributed by atoms with Crippen LogP contribution in [0.15, 0.2) is 0 Å². The lowest BCUT2D eigenvalue weighted by molar-refractivity contribution is 0.406. The molecular weight excluding hydrogens is 260 g/mol. The highest BCUT2D eigenvalue weighted by Gasteiger charge is 2.19. The Morgan fingerprint density at radius 1 is 1.47 bits per heavy atom. The summed E-state index contributed by atoms with van der Waals surface area (Å²) >= 11 is 6.27. The fourth-order valence-electron chi connectivity index (χ4n) is 3.13. The highest BCUT2D eigenvalue weighted by Crippen LogP contribution is 2.29. The molecule has 1 aromatic rings. The molecule has 0 amide bonds. The molecular formula is C14H25ClN4. The number of halogens is 1. The fraction of sp³-hybridized carbons (Fsp3) is 0.786. The zero-order valence-corrected chi connectivity index (χ0v) is 12.7. The van der Waals surface area contributed by atoms with E-state index in [0.717, 1.165) is 35.2 Å². The van der Waals surface area contributed by atoms with Crippen molar-refractivity contribution in [3.05, 3.63) is 16.4 Å². The number of nitrogens with two attached hydrogens (primary N) is 1. The minimum atomic E-state index is 0.293. The number of nitrogens with zero attached hydrogens (tertiary/aromatic N) is 2. The topological polar surface area (TPSA) is 55.9 Å². The summed E-state index contributed by atoms with van der Waals surface area (Å²) in [6.45, 7) is 2.01. The summed E-state index contributed by atoms with van der Waals surface area (Å²) in [5.74, 6) is 6.60. The van der Waals surface area contributed by atoms with Crippen LogP contribution < -0.4 is 11.3 Å². The number of rotatable bonds is 6. The van der Waals surface area contributed by atoms with Gasteiger partial charge in [0.15, 0.2) is 0 Å². The minimum absolute atomic E-state index is 0.293. The highest BCUT2D eigenvalue weighted by atomic mass is 35.5. The van der Waals surface area contributed by atoms with Gasteiger partial charge in [0.2, 0.25) is 0 Å². The second kappa shape index (κ2) is 6.73. The van der Waals surface area contributed by atoms with Crippen LogP contribution in [0, 0.1) is 12.8 Å². The molecule has 4 nitrogen and oxygen atoms in total. The van der Waals surface area contributed by atoms with Crippen molar-refractivity contribution in [3.8, 4) is 0 Å². The van der Waals surface area contributed by atoms with Crippen molar-refractivity contribution < 1.29 is 0 Å². The van der Waals surface area contributed by atoms with Gasteiger partial charge < -0.3 is 0 Å². The number of hydrogen-bond donors (Lipinski definition) is 2. The number of nitrogens with one attached hydrogen (secondary N) is 1. The van der Waals surface area contributed by atoms with Gasteiger partial charge in [-0.2, -0.15) is 5.10 Å². The third-order valence-electron chi connectivity index (χ3n) is 4.35. The van der Waals surface area contributed by atoms with E-state index in [-0.39, 0.29) is 0 Å². The summed E-state index contributed by atoms with van der Waals surface area (Å²) in [5.41, 5.74) is 5.07. The molecule has 0 radical (unpaired) electrons. The molecule has 0 aromatic carbocycles. The number of aromatic nitrogens is 2. The highest BCUT2D eigenvalue weighted by molar-refractivity contribution is 6.30. The van der Waals surface area contributed by atoms with Crippen molar-refractivity contribution in [2.24, 2.45) is 18.8 Å². The molecule has 3 N–H and O–H groups in total. The van der Waals surface area contributed by atoms with Gasteiger partial charge in [-0.25, -0.2) is 0 Å². The first kappa shape index (κ1) is 14.8. The van der Waals surface area contributed by atoms with Gasteiger partial charge >= 0.3 is 0 Å². The predicted molar refractivity (Wildman–Crippen MR) is 79.0 cm³/mol. The summed E-state index contributed by atoms with van der Waals surface area (Å²) in [4.78, 5) is 0. The maximum atomic E-state index is 6.27. The van der Waals surface area contributed by atoms with Crippen LogP contribution in [0.3, 0.4) is 0 Å². The Labute approximate surface area is 120 Å². The Morgan fingerprint density at radius 3 is 2.68 bits per heavy atom. The van der Waals surface area contributed by atoms with Crippen LogP contribution in [0.25, 0.3) is 0 Å². The Hall–Kier alpha value is -0.580. The van der Waals surface area contributed by atoms with Gasteiger partial charge in [-0.15, -0.1) is 0 Å². The van der Waals surface area contributed by atoms with E-state index >= 15 is 0 Å². The molecule has 108 valence electrons. The Bertz CT molecular complexity index is 410. The largest absolute Gasteiger partial charge is 0.271 e. The molecule has 0 bridgehead atoms. The Kier molecular flexibility index (Phi) is 5.25. The maximum absolute atomic E-state index is 6.27. The van der Waals surface area contributed by atoms with E-state index in [0.29, 0.717) is 6.04 Å². The quantitative estimate of drug-likeness (QED) is 0.624. The molecule has 1 unspecified atom stereocenters. The van der Waals surface area contributed by atoms with Gasteiger partial charge in [-0.1, -0.05) is 37.3 Å².